The van der Waals surface area contributed by atoms with Crippen LogP contribution in [-0.2, 0) is 9.59 Å². The average molecular weight is 376 g/mol. The Kier molecular flexibility index (Phi) is 4.89. The van der Waals surface area contributed by atoms with Crippen LogP contribution in [0.5, 0.6) is 17.2 Å². The summed E-state index contributed by atoms with van der Waals surface area (Å²) in [4.78, 5) is 36.7. The van der Waals surface area contributed by atoms with Gasteiger partial charge in [-0.15, -0.1) is 0 Å². The Balaban J connectivity index is 1.54. The first-order valence-electron chi connectivity index (χ1n) is 8.25. The van der Waals surface area contributed by atoms with Crippen LogP contribution in [0.1, 0.15) is 25.8 Å². The van der Waals surface area contributed by atoms with Crippen molar-refractivity contribution in [2.75, 3.05) is 20.4 Å². The summed E-state index contributed by atoms with van der Waals surface area (Å²) in [5, 5.41) is 6.43. The zero-order valence-corrected chi connectivity index (χ0v) is 15.2. The van der Waals surface area contributed by atoms with Crippen LogP contribution in [0, 0.1) is 0 Å². The highest BCUT2D eigenvalue weighted by atomic mass is 16.7. The van der Waals surface area contributed by atoms with Crippen LogP contribution in [0.25, 0.3) is 0 Å². The highest BCUT2D eigenvalue weighted by molar-refractivity contribution is 6.06. The quantitative estimate of drug-likeness (QED) is 0.426. The van der Waals surface area contributed by atoms with Gasteiger partial charge in [-0.2, -0.15) is 5.10 Å². The van der Waals surface area contributed by atoms with Crippen LogP contribution >= 0.6 is 0 Å². The lowest BCUT2D eigenvalue weighted by molar-refractivity contribution is -0.130. The Morgan fingerprint density at radius 3 is 2.85 bits per heavy atom. The summed E-state index contributed by atoms with van der Waals surface area (Å²) < 4.78 is 15.8. The van der Waals surface area contributed by atoms with Gasteiger partial charge in [-0.3, -0.25) is 14.5 Å². The number of ether oxygens (including phenoxy) is 3. The number of amides is 4. The monoisotopic (exact) mass is 376 g/mol. The molecule has 0 bridgehead atoms. The Hall–Kier alpha value is -3.30. The number of hydrazone groups is 1. The van der Waals surface area contributed by atoms with Crippen molar-refractivity contribution in [3.8, 4) is 17.2 Å². The van der Waals surface area contributed by atoms with E-state index in [-0.39, 0.29) is 25.7 Å². The van der Waals surface area contributed by atoms with Crippen LogP contribution in [-0.4, -0.2) is 54.9 Å². The van der Waals surface area contributed by atoms with Gasteiger partial charge in [0, 0.05) is 18.5 Å². The molecule has 0 saturated carbocycles. The van der Waals surface area contributed by atoms with Gasteiger partial charge in [0.15, 0.2) is 11.5 Å². The van der Waals surface area contributed by atoms with Gasteiger partial charge >= 0.3 is 6.03 Å². The average Bonchev–Trinajstić information content (AvgIpc) is 3.15. The van der Waals surface area contributed by atoms with Crippen LogP contribution in [0.15, 0.2) is 17.2 Å². The highest BCUT2D eigenvalue weighted by Crippen LogP contribution is 2.41. The number of imide groups is 1. The molecule has 2 aliphatic rings. The summed E-state index contributed by atoms with van der Waals surface area (Å²) in [7, 11) is 1.51. The van der Waals surface area contributed by atoms with E-state index in [1.807, 2.05) is 0 Å². The molecule has 3 rings (SSSR count). The maximum atomic E-state index is 12.0. The normalized spacial score (nSPS) is 17.4. The fraction of sp³-hybridized carbons (Fsp3) is 0.412. The van der Waals surface area contributed by atoms with Crippen LogP contribution in [0.2, 0.25) is 0 Å². The van der Waals surface area contributed by atoms with E-state index in [1.54, 1.807) is 26.0 Å². The third kappa shape index (κ3) is 3.78. The molecule has 0 aliphatic carbocycles. The Labute approximate surface area is 155 Å². The van der Waals surface area contributed by atoms with Crippen molar-refractivity contribution < 1.29 is 28.6 Å². The fourth-order valence-corrected chi connectivity index (χ4v) is 2.69. The molecule has 2 aliphatic heterocycles. The van der Waals surface area contributed by atoms with Crippen molar-refractivity contribution in [1.29, 1.82) is 0 Å². The van der Waals surface area contributed by atoms with Gasteiger partial charge in [0.1, 0.15) is 5.54 Å². The SMILES string of the molecule is COc1cc(/C=N\NC(=O)CCN2C(=O)NC(C)(C)C2=O)cc2c1OCO2. The van der Waals surface area contributed by atoms with Crippen LogP contribution < -0.4 is 25.0 Å². The maximum absolute atomic E-state index is 12.0. The third-order valence-electron chi connectivity index (χ3n) is 4.09. The van der Waals surface area contributed by atoms with E-state index in [0.717, 1.165) is 4.90 Å². The van der Waals surface area contributed by atoms with Crippen LogP contribution in [0.3, 0.4) is 0 Å². The van der Waals surface area contributed by atoms with E-state index >= 15 is 0 Å². The molecule has 1 fully saturated rings. The topological polar surface area (TPSA) is 119 Å². The molecule has 2 heterocycles. The summed E-state index contributed by atoms with van der Waals surface area (Å²) in [6.07, 6.45) is 1.37. The van der Waals surface area contributed by atoms with Gasteiger partial charge < -0.3 is 19.5 Å². The molecular weight excluding hydrogens is 356 g/mol. The molecular formula is C17H20N4O6. The zero-order valence-electron chi connectivity index (χ0n) is 15.2. The number of benzene rings is 1. The molecule has 0 aromatic heterocycles. The van der Waals surface area contributed by atoms with Crippen molar-refractivity contribution >= 4 is 24.1 Å². The minimum Gasteiger partial charge on any atom is -0.493 e. The number of hydrogen-bond acceptors (Lipinski definition) is 7. The smallest absolute Gasteiger partial charge is 0.325 e. The molecule has 0 spiro atoms. The zero-order chi connectivity index (χ0) is 19.6. The van der Waals surface area contributed by atoms with Crippen molar-refractivity contribution in [2.45, 2.75) is 25.8 Å². The van der Waals surface area contributed by atoms with E-state index in [4.69, 9.17) is 14.2 Å². The number of rotatable bonds is 6. The number of fused-ring (bicyclic) bond motifs is 1. The van der Waals surface area contributed by atoms with Gasteiger partial charge in [0.25, 0.3) is 5.91 Å². The number of methoxy groups -OCH3 is 1. The minimum atomic E-state index is -0.954. The maximum Gasteiger partial charge on any atom is 0.325 e. The number of carbonyl (C=O) groups is 3. The van der Waals surface area contributed by atoms with Gasteiger partial charge in [-0.1, -0.05) is 0 Å². The van der Waals surface area contributed by atoms with E-state index in [9.17, 15) is 14.4 Å². The number of nitrogens with zero attached hydrogens (tertiary/aromatic N) is 2. The van der Waals surface area contributed by atoms with Gasteiger partial charge in [0.2, 0.25) is 18.4 Å². The molecule has 1 aromatic rings. The van der Waals surface area contributed by atoms with E-state index in [2.05, 4.69) is 15.8 Å². The lowest BCUT2D eigenvalue weighted by atomic mass is 10.1. The number of carbonyl (C=O) groups excluding carboxylic acids is 3. The molecule has 0 radical (unpaired) electrons. The molecule has 144 valence electrons. The number of urea groups is 1. The number of hydrogen-bond donors (Lipinski definition) is 2. The van der Waals surface area contributed by atoms with E-state index < -0.39 is 17.5 Å². The second kappa shape index (κ2) is 7.14. The van der Waals surface area contributed by atoms with Crippen molar-refractivity contribution in [1.82, 2.24) is 15.6 Å². The van der Waals surface area contributed by atoms with E-state index in [0.29, 0.717) is 22.8 Å². The molecule has 27 heavy (non-hydrogen) atoms. The van der Waals surface area contributed by atoms with Crippen LogP contribution in [0.4, 0.5) is 4.79 Å². The molecule has 10 nitrogen and oxygen atoms in total. The predicted molar refractivity (Wildman–Crippen MR) is 93.8 cm³/mol. The van der Waals surface area contributed by atoms with E-state index in [1.165, 1.54) is 13.3 Å². The second-order valence-corrected chi connectivity index (χ2v) is 6.51. The number of nitrogens with one attached hydrogen (secondary N) is 2. The third-order valence-corrected chi connectivity index (χ3v) is 4.09. The Bertz CT molecular complexity index is 820. The highest BCUT2D eigenvalue weighted by Gasteiger charge is 2.43. The first-order chi connectivity index (χ1) is 12.8. The van der Waals surface area contributed by atoms with Crippen molar-refractivity contribution in [3.05, 3.63) is 17.7 Å². The van der Waals surface area contributed by atoms with Crippen molar-refractivity contribution in [2.24, 2.45) is 5.10 Å². The Morgan fingerprint density at radius 2 is 2.19 bits per heavy atom. The molecule has 0 unspecified atom stereocenters. The first kappa shape index (κ1) is 18.5. The standard InChI is InChI=1S/C17H20N4O6/c1-17(2)15(23)21(16(24)19-17)5-4-13(22)20-18-8-10-6-11(25-3)14-12(7-10)26-9-27-14/h6-8H,4-5,9H2,1-3H3,(H,19,24)(H,20,22)/b18-8-. The first-order valence-corrected chi connectivity index (χ1v) is 8.25. The molecule has 4 amide bonds. The molecule has 1 saturated heterocycles. The Morgan fingerprint density at radius 1 is 1.41 bits per heavy atom. The van der Waals surface area contributed by atoms with Gasteiger partial charge in [0.05, 0.1) is 13.3 Å². The summed E-state index contributed by atoms with van der Waals surface area (Å²) in [5.74, 6) is 0.762. The second-order valence-electron chi connectivity index (χ2n) is 6.51. The van der Waals surface area contributed by atoms with Gasteiger partial charge in [-0.05, 0) is 26.0 Å². The summed E-state index contributed by atoms with van der Waals surface area (Å²) in [5.41, 5.74) is 2.05. The predicted octanol–water partition coefficient (Wildman–Crippen LogP) is 0.594. The summed E-state index contributed by atoms with van der Waals surface area (Å²) in [6.45, 7) is 3.31. The minimum absolute atomic E-state index is 0.0205. The summed E-state index contributed by atoms with van der Waals surface area (Å²) >= 11 is 0. The fourth-order valence-electron chi connectivity index (χ4n) is 2.69. The molecule has 0 atom stereocenters. The summed E-state index contributed by atoms with van der Waals surface area (Å²) in [6, 6.07) is 2.89. The lowest BCUT2D eigenvalue weighted by Crippen LogP contribution is -2.40. The lowest BCUT2D eigenvalue weighted by Gasteiger charge is -2.15. The van der Waals surface area contributed by atoms with Gasteiger partial charge in [-0.25, -0.2) is 10.2 Å². The largest absolute Gasteiger partial charge is 0.493 e. The molecule has 1 aromatic carbocycles. The van der Waals surface area contributed by atoms with Crippen molar-refractivity contribution in [3.63, 3.8) is 0 Å². The molecule has 10 heteroatoms. The molecule has 2 N–H and O–H groups in total.